The summed E-state index contributed by atoms with van der Waals surface area (Å²) in [6.07, 6.45) is -0.616. The smallest absolute Gasteiger partial charge is 0.265 e. The van der Waals surface area contributed by atoms with Crippen molar-refractivity contribution in [3.8, 4) is 5.75 Å². The number of amides is 1. The van der Waals surface area contributed by atoms with Crippen LogP contribution in [-0.2, 0) is 4.79 Å². The second kappa shape index (κ2) is 6.89. The number of ether oxygens (including phenoxy) is 1. The van der Waals surface area contributed by atoms with Gasteiger partial charge in [-0.15, -0.1) is 0 Å². The molecule has 4 nitrogen and oxygen atoms in total. The summed E-state index contributed by atoms with van der Waals surface area (Å²) in [6, 6.07) is 14.3. The molecule has 22 heavy (non-hydrogen) atoms. The lowest BCUT2D eigenvalue weighted by Crippen LogP contribution is -2.30. The van der Waals surface area contributed by atoms with Crippen LogP contribution in [0.1, 0.15) is 29.8 Å². The Morgan fingerprint density at radius 1 is 1.09 bits per heavy atom. The first-order chi connectivity index (χ1) is 10.5. The molecule has 0 saturated heterocycles. The molecule has 1 amide bonds. The highest BCUT2D eigenvalue weighted by Gasteiger charge is 2.15. The third-order valence-corrected chi connectivity index (χ3v) is 3.23. The minimum Gasteiger partial charge on any atom is -0.481 e. The molecule has 0 aliphatic heterocycles. The standard InChI is InChI=1S/C18H19NO3/c1-12-5-4-6-17(11-12)22-14(3)18(21)19-16-9-7-15(8-10-16)13(2)20/h4-11,14H,1-3H3,(H,19,21)/t14-/m1/s1. The van der Waals surface area contributed by atoms with E-state index in [1.807, 2.05) is 31.2 Å². The van der Waals surface area contributed by atoms with Crippen molar-refractivity contribution in [1.29, 1.82) is 0 Å². The highest BCUT2D eigenvalue weighted by atomic mass is 16.5. The number of ketones is 1. The van der Waals surface area contributed by atoms with E-state index in [9.17, 15) is 9.59 Å². The molecule has 0 saturated carbocycles. The maximum Gasteiger partial charge on any atom is 0.265 e. The van der Waals surface area contributed by atoms with Crippen LogP contribution < -0.4 is 10.1 Å². The van der Waals surface area contributed by atoms with E-state index in [1.165, 1.54) is 6.92 Å². The molecule has 0 aliphatic carbocycles. The van der Waals surface area contributed by atoms with Crippen molar-refractivity contribution in [3.05, 3.63) is 59.7 Å². The van der Waals surface area contributed by atoms with Gasteiger partial charge in [0.1, 0.15) is 5.75 Å². The first kappa shape index (κ1) is 15.8. The molecule has 4 heteroatoms. The lowest BCUT2D eigenvalue weighted by Gasteiger charge is -2.15. The van der Waals surface area contributed by atoms with Gasteiger partial charge in [0.2, 0.25) is 0 Å². The molecular weight excluding hydrogens is 278 g/mol. The number of anilines is 1. The Balaban J connectivity index is 1.97. The highest BCUT2D eigenvalue weighted by molar-refractivity contribution is 5.96. The summed E-state index contributed by atoms with van der Waals surface area (Å²) in [7, 11) is 0. The molecule has 2 aromatic rings. The molecule has 0 heterocycles. The number of Topliss-reactive ketones (excluding diaryl/α,β-unsaturated/α-hetero) is 1. The van der Waals surface area contributed by atoms with Crippen LogP contribution in [0.4, 0.5) is 5.69 Å². The van der Waals surface area contributed by atoms with Crippen molar-refractivity contribution < 1.29 is 14.3 Å². The predicted molar refractivity (Wildman–Crippen MR) is 86.3 cm³/mol. The van der Waals surface area contributed by atoms with Gasteiger partial charge in [-0.25, -0.2) is 0 Å². The molecule has 0 fully saturated rings. The van der Waals surface area contributed by atoms with E-state index in [0.717, 1.165) is 5.56 Å². The fraction of sp³-hybridized carbons (Fsp3) is 0.222. The van der Waals surface area contributed by atoms with Crippen LogP contribution in [0, 0.1) is 6.92 Å². The van der Waals surface area contributed by atoms with Crippen LogP contribution in [0.3, 0.4) is 0 Å². The van der Waals surface area contributed by atoms with Gasteiger partial charge in [-0.3, -0.25) is 9.59 Å². The van der Waals surface area contributed by atoms with Crippen LogP contribution in [0.2, 0.25) is 0 Å². The summed E-state index contributed by atoms with van der Waals surface area (Å²) >= 11 is 0. The fourth-order valence-electron chi connectivity index (χ4n) is 1.98. The molecular formula is C18H19NO3. The Hall–Kier alpha value is -2.62. The summed E-state index contributed by atoms with van der Waals surface area (Å²) < 4.78 is 5.62. The quantitative estimate of drug-likeness (QED) is 0.858. The van der Waals surface area contributed by atoms with E-state index in [-0.39, 0.29) is 11.7 Å². The number of carbonyl (C=O) groups excluding carboxylic acids is 2. The van der Waals surface area contributed by atoms with Crippen molar-refractivity contribution in [2.75, 3.05) is 5.32 Å². The summed E-state index contributed by atoms with van der Waals surface area (Å²) in [5.41, 5.74) is 2.32. The molecule has 0 aliphatic rings. The topological polar surface area (TPSA) is 55.4 Å². The molecule has 1 N–H and O–H groups in total. The van der Waals surface area contributed by atoms with E-state index < -0.39 is 6.10 Å². The van der Waals surface area contributed by atoms with Crippen LogP contribution in [-0.4, -0.2) is 17.8 Å². The monoisotopic (exact) mass is 297 g/mol. The minimum absolute atomic E-state index is 0.00553. The van der Waals surface area contributed by atoms with Gasteiger partial charge in [-0.05, 0) is 62.7 Å². The van der Waals surface area contributed by atoms with Crippen molar-refractivity contribution in [3.63, 3.8) is 0 Å². The summed E-state index contributed by atoms with van der Waals surface area (Å²) in [5.74, 6) is 0.417. The Labute approximate surface area is 130 Å². The SMILES string of the molecule is CC(=O)c1ccc(NC(=O)[C@@H](C)Oc2cccc(C)c2)cc1. The molecule has 0 bridgehead atoms. The average molecular weight is 297 g/mol. The maximum atomic E-state index is 12.1. The number of hydrogen-bond acceptors (Lipinski definition) is 3. The number of benzene rings is 2. The summed E-state index contributed by atoms with van der Waals surface area (Å²) in [6.45, 7) is 5.17. The maximum absolute atomic E-state index is 12.1. The average Bonchev–Trinajstić information content (AvgIpc) is 2.47. The number of nitrogens with one attached hydrogen (secondary N) is 1. The van der Waals surface area contributed by atoms with Crippen LogP contribution in [0.25, 0.3) is 0 Å². The van der Waals surface area contributed by atoms with Crippen LogP contribution >= 0.6 is 0 Å². The molecule has 1 atom stereocenters. The molecule has 114 valence electrons. The van der Waals surface area contributed by atoms with Gasteiger partial charge in [0.15, 0.2) is 11.9 Å². The Morgan fingerprint density at radius 2 is 1.77 bits per heavy atom. The minimum atomic E-state index is -0.616. The van der Waals surface area contributed by atoms with Crippen molar-refractivity contribution in [2.24, 2.45) is 0 Å². The zero-order valence-corrected chi connectivity index (χ0v) is 12.9. The largest absolute Gasteiger partial charge is 0.481 e. The van der Waals surface area contributed by atoms with Crippen molar-refractivity contribution >= 4 is 17.4 Å². The molecule has 0 unspecified atom stereocenters. The third-order valence-electron chi connectivity index (χ3n) is 3.23. The van der Waals surface area contributed by atoms with Gasteiger partial charge in [-0.1, -0.05) is 12.1 Å². The van der Waals surface area contributed by atoms with Crippen LogP contribution in [0.5, 0.6) is 5.75 Å². The Kier molecular flexibility index (Phi) is 4.94. The third kappa shape index (κ3) is 4.19. The second-order valence-corrected chi connectivity index (χ2v) is 5.20. The summed E-state index contributed by atoms with van der Waals surface area (Å²) in [5, 5.41) is 2.77. The number of carbonyl (C=O) groups is 2. The van der Waals surface area contributed by atoms with Crippen LogP contribution in [0.15, 0.2) is 48.5 Å². The predicted octanol–water partition coefficient (Wildman–Crippen LogP) is 3.60. The van der Waals surface area contributed by atoms with E-state index >= 15 is 0 Å². The first-order valence-corrected chi connectivity index (χ1v) is 7.11. The molecule has 0 aromatic heterocycles. The fourth-order valence-corrected chi connectivity index (χ4v) is 1.98. The zero-order chi connectivity index (χ0) is 16.1. The molecule has 2 aromatic carbocycles. The summed E-state index contributed by atoms with van der Waals surface area (Å²) in [4.78, 5) is 23.3. The van der Waals surface area contributed by atoms with Gasteiger partial charge in [0, 0.05) is 11.3 Å². The molecule has 0 spiro atoms. The van der Waals surface area contributed by atoms with Crippen molar-refractivity contribution in [2.45, 2.75) is 26.9 Å². The molecule has 0 radical (unpaired) electrons. The zero-order valence-electron chi connectivity index (χ0n) is 12.9. The van der Waals surface area contributed by atoms with Gasteiger partial charge in [0.25, 0.3) is 5.91 Å². The van der Waals surface area contributed by atoms with Gasteiger partial charge in [0.05, 0.1) is 0 Å². The highest BCUT2D eigenvalue weighted by Crippen LogP contribution is 2.15. The molecule has 2 rings (SSSR count). The van der Waals surface area contributed by atoms with Crippen molar-refractivity contribution in [1.82, 2.24) is 0 Å². The Bertz CT molecular complexity index is 677. The van der Waals surface area contributed by atoms with Gasteiger partial charge < -0.3 is 10.1 Å². The van der Waals surface area contributed by atoms with Gasteiger partial charge in [-0.2, -0.15) is 0 Å². The van der Waals surface area contributed by atoms with Gasteiger partial charge >= 0.3 is 0 Å². The van der Waals surface area contributed by atoms with E-state index in [4.69, 9.17) is 4.74 Å². The number of hydrogen-bond donors (Lipinski definition) is 1. The second-order valence-electron chi connectivity index (χ2n) is 5.20. The van der Waals surface area contributed by atoms with E-state index in [1.54, 1.807) is 31.2 Å². The normalized spacial score (nSPS) is 11.6. The number of aryl methyl sites for hydroxylation is 1. The first-order valence-electron chi connectivity index (χ1n) is 7.11. The Morgan fingerprint density at radius 3 is 2.36 bits per heavy atom. The van der Waals surface area contributed by atoms with E-state index in [2.05, 4.69) is 5.32 Å². The van der Waals surface area contributed by atoms with E-state index in [0.29, 0.717) is 17.0 Å². The lowest BCUT2D eigenvalue weighted by atomic mass is 10.1. The number of rotatable bonds is 5. The lowest BCUT2D eigenvalue weighted by molar-refractivity contribution is -0.122.